The first kappa shape index (κ1) is 9.34. The maximum Gasteiger partial charge on any atom is 0.411 e. The second kappa shape index (κ2) is 3.88. The zero-order chi connectivity index (χ0) is 9.97. The van der Waals surface area contributed by atoms with Crippen LogP contribution in [0.3, 0.4) is 0 Å². The molecule has 1 aliphatic heterocycles. The topological polar surface area (TPSA) is 29.5 Å². The smallest absolute Gasteiger partial charge is 0.411 e. The molecule has 0 spiro atoms. The first-order valence-corrected chi connectivity index (χ1v) is 4.90. The van der Waals surface area contributed by atoms with Crippen LogP contribution in [0.1, 0.15) is 11.6 Å². The van der Waals surface area contributed by atoms with E-state index >= 15 is 0 Å². The molecule has 1 fully saturated rings. The molecule has 1 saturated heterocycles. The Morgan fingerprint density at radius 1 is 1.43 bits per heavy atom. The van der Waals surface area contributed by atoms with Gasteiger partial charge in [-0.1, -0.05) is 30.3 Å². The Morgan fingerprint density at radius 3 is 2.79 bits per heavy atom. The Morgan fingerprint density at radius 2 is 2.14 bits per heavy atom. The van der Waals surface area contributed by atoms with E-state index in [0.29, 0.717) is 6.61 Å². The molecule has 1 aliphatic rings. The van der Waals surface area contributed by atoms with E-state index in [1.807, 2.05) is 30.3 Å². The summed E-state index contributed by atoms with van der Waals surface area (Å²) in [6, 6.07) is 9.86. The molecule has 14 heavy (non-hydrogen) atoms. The van der Waals surface area contributed by atoms with Gasteiger partial charge >= 0.3 is 6.09 Å². The number of carbonyl (C=O) groups is 1. The molecule has 0 aliphatic carbocycles. The zero-order valence-electron chi connectivity index (χ0n) is 7.52. The number of amides is 1. The highest BCUT2D eigenvalue weighted by Gasteiger charge is 2.32. The summed E-state index contributed by atoms with van der Waals surface area (Å²) in [5.41, 5.74) is 1.05. The Bertz CT molecular complexity index is 328. The summed E-state index contributed by atoms with van der Waals surface area (Å²) in [4.78, 5) is 12.7. The van der Waals surface area contributed by atoms with E-state index in [2.05, 4.69) is 0 Å². The van der Waals surface area contributed by atoms with Crippen LogP contribution in [-0.4, -0.2) is 23.6 Å². The monoisotopic (exact) mass is 211 g/mol. The van der Waals surface area contributed by atoms with Crippen molar-refractivity contribution in [2.45, 2.75) is 6.04 Å². The van der Waals surface area contributed by atoms with Crippen molar-refractivity contribution in [2.75, 3.05) is 12.6 Å². The molecule has 0 bridgehead atoms. The molecule has 1 aromatic carbocycles. The number of halogens is 1. The first-order valence-electron chi connectivity index (χ1n) is 4.37. The summed E-state index contributed by atoms with van der Waals surface area (Å²) in [6.07, 6.45) is -0.339. The minimum absolute atomic E-state index is 0.0406. The maximum absolute atomic E-state index is 11.2. The molecule has 1 aromatic rings. The van der Waals surface area contributed by atoms with Crippen molar-refractivity contribution in [1.29, 1.82) is 0 Å². The molecule has 1 atom stereocenters. The lowest BCUT2D eigenvalue weighted by atomic mass is 10.1. The molecular weight excluding hydrogens is 202 g/mol. The number of benzene rings is 1. The zero-order valence-corrected chi connectivity index (χ0v) is 8.28. The third-order valence-corrected chi connectivity index (χ3v) is 2.55. The van der Waals surface area contributed by atoms with E-state index < -0.39 is 0 Å². The van der Waals surface area contributed by atoms with Gasteiger partial charge in [-0.25, -0.2) is 4.79 Å². The SMILES string of the molecule is O=C1OCC(c2ccccc2)N1CCl. The quantitative estimate of drug-likeness (QED) is 0.555. The highest BCUT2D eigenvalue weighted by atomic mass is 35.5. The lowest BCUT2D eigenvalue weighted by Crippen LogP contribution is -2.25. The fourth-order valence-corrected chi connectivity index (χ4v) is 1.80. The van der Waals surface area contributed by atoms with Gasteiger partial charge in [-0.3, -0.25) is 4.90 Å². The number of cyclic esters (lactones) is 1. The van der Waals surface area contributed by atoms with Crippen molar-refractivity contribution in [3.8, 4) is 0 Å². The van der Waals surface area contributed by atoms with Crippen molar-refractivity contribution in [2.24, 2.45) is 0 Å². The number of hydrogen-bond acceptors (Lipinski definition) is 2. The molecular formula is C10H10ClNO2. The van der Waals surface area contributed by atoms with Crippen molar-refractivity contribution in [1.82, 2.24) is 4.90 Å². The van der Waals surface area contributed by atoms with Gasteiger partial charge in [-0.15, -0.1) is 11.6 Å². The van der Waals surface area contributed by atoms with Gasteiger partial charge in [0, 0.05) is 0 Å². The van der Waals surface area contributed by atoms with E-state index in [-0.39, 0.29) is 18.1 Å². The Hall–Kier alpha value is -1.22. The maximum atomic E-state index is 11.2. The number of nitrogens with zero attached hydrogens (tertiary/aromatic N) is 1. The molecule has 3 nitrogen and oxygen atoms in total. The molecule has 1 amide bonds. The number of hydrogen-bond donors (Lipinski definition) is 0. The van der Waals surface area contributed by atoms with E-state index in [1.165, 1.54) is 4.90 Å². The van der Waals surface area contributed by atoms with Crippen LogP contribution in [0.4, 0.5) is 4.79 Å². The summed E-state index contributed by atoms with van der Waals surface area (Å²) >= 11 is 5.67. The van der Waals surface area contributed by atoms with Gasteiger partial charge in [0.25, 0.3) is 0 Å². The number of carbonyl (C=O) groups excluding carboxylic acids is 1. The Kier molecular flexibility index (Phi) is 2.59. The van der Waals surface area contributed by atoms with Crippen LogP contribution in [0.15, 0.2) is 30.3 Å². The van der Waals surface area contributed by atoms with Gasteiger partial charge in [0.1, 0.15) is 6.61 Å². The second-order valence-electron chi connectivity index (χ2n) is 3.09. The molecule has 2 rings (SSSR count). The highest BCUT2D eigenvalue weighted by molar-refractivity contribution is 6.18. The van der Waals surface area contributed by atoms with E-state index in [0.717, 1.165) is 5.56 Å². The van der Waals surface area contributed by atoms with Gasteiger partial charge in [-0.05, 0) is 5.56 Å². The van der Waals surface area contributed by atoms with Gasteiger partial charge in [0.2, 0.25) is 0 Å². The van der Waals surface area contributed by atoms with Crippen LogP contribution in [-0.2, 0) is 4.74 Å². The van der Waals surface area contributed by atoms with Gasteiger partial charge in [-0.2, -0.15) is 0 Å². The standard InChI is InChI=1S/C10H10ClNO2/c11-7-12-9(6-14-10(12)13)8-4-2-1-3-5-8/h1-5,9H,6-7H2. The van der Waals surface area contributed by atoms with Crippen LogP contribution >= 0.6 is 11.6 Å². The summed E-state index contributed by atoms with van der Waals surface area (Å²) in [6.45, 7) is 0.384. The summed E-state index contributed by atoms with van der Waals surface area (Å²) < 4.78 is 4.93. The molecule has 0 radical (unpaired) electrons. The van der Waals surface area contributed by atoms with Gasteiger partial charge < -0.3 is 4.74 Å². The first-order chi connectivity index (χ1) is 6.83. The van der Waals surface area contributed by atoms with Crippen LogP contribution in [0.2, 0.25) is 0 Å². The fourth-order valence-electron chi connectivity index (χ4n) is 1.53. The number of rotatable bonds is 2. The normalized spacial score (nSPS) is 21.1. The van der Waals surface area contributed by atoms with Crippen molar-refractivity contribution in [3.63, 3.8) is 0 Å². The molecule has 0 N–H and O–H groups in total. The second-order valence-corrected chi connectivity index (χ2v) is 3.33. The predicted molar refractivity (Wildman–Crippen MR) is 53.1 cm³/mol. The van der Waals surface area contributed by atoms with Gasteiger partial charge in [0.15, 0.2) is 0 Å². The Balaban J connectivity index is 2.23. The third-order valence-electron chi connectivity index (χ3n) is 2.29. The average Bonchev–Trinajstić information content (AvgIpc) is 2.61. The summed E-state index contributed by atoms with van der Waals surface area (Å²) in [5.74, 6) is 0. The fraction of sp³-hybridized carbons (Fsp3) is 0.300. The predicted octanol–water partition coefficient (Wildman–Crippen LogP) is 2.38. The average molecular weight is 212 g/mol. The molecule has 0 saturated carbocycles. The molecule has 1 unspecified atom stereocenters. The third kappa shape index (κ3) is 1.55. The van der Waals surface area contributed by atoms with Gasteiger partial charge in [0.05, 0.1) is 12.0 Å². The summed E-state index contributed by atoms with van der Waals surface area (Å²) in [5, 5.41) is 0. The van der Waals surface area contributed by atoms with Crippen molar-refractivity contribution in [3.05, 3.63) is 35.9 Å². The number of alkyl halides is 1. The lowest BCUT2D eigenvalue weighted by Gasteiger charge is -2.18. The molecule has 0 aromatic heterocycles. The molecule has 4 heteroatoms. The van der Waals surface area contributed by atoms with E-state index in [4.69, 9.17) is 16.3 Å². The number of ether oxygens (including phenoxy) is 1. The minimum atomic E-state index is -0.339. The Labute approximate surface area is 87.2 Å². The minimum Gasteiger partial charge on any atom is -0.447 e. The van der Waals surface area contributed by atoms with Crippen LogP contribution in [0.25, 0.3) is 0 Å². The van der Waals surface area contributed by atoms with Crippen LogP contribution < -0.4 is 0 Å². The van der Waals surface area contributed by atoms with Crippen LogP contribution in [0.5, 0.6) is 0 Å². The van der Waals surface area contributed by atoms with Crippen molar-refractivity contribution >= 4 is 17.7 Å². The van der Waals surface area contributed by atoms with Crippen molar-refractivity contribution < 1.29 is 9.53 Å². The van der Waals surface area contributed by atoms with E-state index in [1.54, 1.807) is 0 Å². The summed E-state index contributed by atoms with van der Waals surface area (Å²) in [7, 11) is 0. The largest absolute Gasteiger partial charge is 0.447 e. The van der Waals surface area contributed by atoms with Crippen LogP contribution in [0, 0.1) is 0 Å². The highest BCUT2D eigenvalue weighted by Crippen LogP contribution is 2.27. The molecule has 74 valence electrons. The molecule has 1 heterocycles. The van der Waals surface area contributed by atoms with E-state index in [9.17, 15) is 4.79 Å². The lowest BCUT2D eigenvalue weighted by molar-refractivity contribution is 0.162.